The van der Waals surface area contributed by atoms with E-state index >= 15 is 0 Å². The van der Waals surface area contributed by atoms with Gasteiger partial charge in [-0.05, 0) is 47.4 Å². The van der Waals surface area contributed by atoms with Gasteiger partial charge in [0.25, 0.3) is 0 Å². The van der Waals surface area contributed by atoms with E-state index in [0.717, 1.165) is 24.0 Å². The molecule has 0 spiro atoms. The van der Waals surface area contributed by atoms with E-state index in [1.807, 2.05) is 36.1 Å². The van der Waals surface area contributed by atoms with Crippen LogP contribution in [0.2, 0.25) is 0 Å². The van der Waals surface area contributed by atoms with Crippen LogP contribution in [-0.4, -0.2) is 54.2 Å². The number of hydrogen-bond acceptors (Lipinski definition) is 4. The normalized spacial score (nSPS) is 15.6. The Hall–Kier alpha value is -3.35. The maximum atomic E-state index is 12.9. The van der Waals surface area contributed by atoms with Gasteiger partial charge in [-0.25, -0.2) is 4.79 Å². The molecule has 186 valence electrons. The van der Waals surface area contributed by atoms with Gasteiger partial charge in [0.05, 0.1) is 5.92 Å². The number of carboxylic acid groups (broad SMARTS) is 1. The molecule has 1 fully saturated rings. The molecule has 1 atom stereocenters. The summed E-state index contributed by atoms with van der Waals surface area (Å²) in [5.41, 5.74) is 4.69. The van der Waals surface area contributed by atoms with Crippen molar-refractivity contribution in [2.75, 3.05) is 26.2 Å². The fourth-order valence-corrected chi connectivity index (χ4v) is 5.25. The zero-order valence-electron chi connectivity index (χ0n) is 20.2. The SMILES string of the molecule is CCCC(CNC(=O)OCC1c2ccccc2-c2ccccc21)C(=O)N1CC(CCCC(=O)O)C1. The number of amides is 2. The molecule has 7 heteroatoms. The highest BCUT2D eigenvalue weighted by Gasteiger charge is 2.34. The summed E-state index contributed by atoms with van der Waals surface area (Å²) in [6, 6.07) is 16.4. The molecule has 1 heterocycles. The maximum absolute atomic E-state index is 12.9. The molecule has 2 aromatic carbocycles. The van der Waals surface area contributed by atoms with Gasteiger partial charge in [-0.1, -0.05) is 61.9 Å². The van der Waals surface area contributed by atoms with E-state index in [-0.39, 0.29) is 37.3 Å². The maximum Gasteiger partial charge on any atom is 0.407 e. The van der Waals surface area contributed by atoms with E-state index in [4.69, 9.17) is 9.84 Å². The van der Waals surface area contributed by atoms with Crippen LogP contribution < -0.4 is 5.32 Å². The number of aliphatic carboxylic acids is 1. The molecule has 7 nitrogen and oxygen atoms in total. The number of likely N-dealkylation sites (tertiary alicyclic amines) is 1. The molecule has 1 saturated heterocycles. The largest absolute Gasteiger partial charge is 0.481 e. The van der Waals surface area contributed by atoms with Crippen molar-refractivity contribution < 1.29 is 24.2 Å². The molecule has 2 aromatic rings. The molecular weight excluding hydrogens is 444 g/mol. The first-order chi connectivity index (χ1) is 17.0. The molecule has 2 N–H and O–H groups in total. The lowest BCUT2D eigenvalue weighted by Crippen LogP contribution is -2.53. The predicted octanol–water partition coefficient (Wildman–Crippen LogP) is 4.65. The number of fused-ring (bicyclic) bond motifs is 3. The summed E-state index contributed by atoms with van der Waals surface area (Å²) in [6.07, 6.45) is 2.68. The molecule has 0 radical (unpaired) electrons. The predicted molar refractivity (Wildman–Crippen MR) is 133 cm³/mol. The Morgan fingerprint density at radius 3 is 2.29 bits per heavy atom. The monoisotopic (exact) mass is 478 g/mol. The number of alkyl carbamates (subject to hydrolysis) is 1. The average Bonchev–Trinajstić information content (AvgIpc) is 3.15. The number of hydrogen-bond donors (Lipinski definition) is 2. The number of carbonyl (C=O) groups excluding carboxylic acids is 2. The minimum Gasteiger partial charge on any atom is -0.481 e. The van der Waals surface area contributed by atoms with Crippen LogP contribution >= 0.6 is 0 Å². The standard InChI is InChI=1S/C28H34N2O5/c1-2-8-20(27(33)30-16-19(17-30)9-7-14-26(31)32)15-29-28(34)35-18-25-23-12-5-3-10-21(23)22-11-4-6-13-24(22)25/h3-6,10-13,19-20,25H,2,7-9,14-18H2,1H3,(H,29,34)(H,31,32). The number of nitrogens with one attached hydrogen (secondary N) is 1. The second-order valence-corrected chi connectivity index (χ2v) is 9.59. The Morgan fingerprint density at radius 2 is 1.69 bits per heavy atom. The summed E-state index contributed by atoms with van der Waals surface area (Å²) in [4.78, 5) is 38.0. The topological polar surface area (TPSA) is 95.9 Å². The quantitative estimate of drug-likeness (QED) is 0.490. The van der Waals surface area contributed by atoms with Gasteiger partial charge in [0, 0.05) is 32.0 Å². The summed E-state index contributed by atoms with van der Waals surface area (Å²) in [6.45, 7) is 3.87. The molecule has 2 aliphatic rings. The van der Waals surface area contributed by atoms with Crippen molar-refractivity contribution in [2.24, 2.45) is 11.8 Å². The number of carboxylic acids is 1. The van der Waals surface area contributed by atoms with Gasteiger partial charge in [0.2, 0.25) is 5.91 Å². The molecule has 4 rings (SSSR count). The Labute approximate surface area is 206 Å². The first kappa shape index (κ1) is 24.8. The lowest BCUT2D eigenvalue weighted by Gasteiger charge is -2.41. The Bertz CT molecular complexity index is 1020. The molecule has 0 saturated carbocycles. The Kier molecular flexibility index (Phi) is 8.06. The van der Waals surface area contributed by atoms with E-state index in [1.54, 1.807) is 0 Å². The molecule has 1 aliphatic heterocycles. The van der Waals surface area contributed by atoms with E-state index in [2.05, 4.69) is 29.6 Å². The van der Waals surface area contributed by atoms with Crippen LogP contribution in [0.15, 0.2) is 48.5 Å². The lowest BCUT2D eigenvalue weighted by atomic mass is 9.91. The summed E-state index contributed by atoms with van der Waals surface area (Å²) in [5.74, 6) is -0.628. The van der Waals surface area contributed by atoms with Gasteiger partial charge in [-0.15, -0.1) is 0 Å². The van der Waals surface area contributed by atoms with E-state index in [1.165, 1.54) is 11.1 Å². The van der Waals surface area contributed by atoms with Gasteiger partial charge < -0.3 is 20.1 Å². The van der Waals surface area contributed by atoms with Crippen molar-refractivity contribution in [3.63, 3.8) is 0 Å². The number of rotatable bonds is 11. The molecule has 0 bridgehead atoms. The highest BCUT2D eigenvalue weighted by atomic mass is 16.5. The van der Waals surface area contributed by atoms with Crippen LogP contribution in [0.3, 0.4) is 0 Å². The highest BCUT2D eigenvalue weighted by Crippen LogP contribution is 2.44. The lowest BCUT2D eigenvalue weighted by molar-refractivity contribution is -0.143. The van der Waals surface area contributed by atoms with Crippen LogP contribution in [0.1, 0.15) is 56.1 Å². The molecule has 35 heavy (non-hydrogen) atoms. The first-order valence-electron chi connectivity index (χ1n) is 12.6. The minimum absolute atomic E-state index is 0.000341. The third-order valence-electron chi connectivity index (χ3n) is 7.09. The molecule has 2 amide bonds. The van der Waals surface area contributed by atoms with Crippen molar-refractivity contribution in [1.82, 2.24) is 10.2 Å². The third kappa shape index (κ3) is 5.84. The summed E-state index contributed by atoms with van der Waals surface area (Å²) < 4.78 is 5.61. The van der Waals surface area contributed by atoms with Crippen LogP contribution in [-0.2, 0) is 14.3 Å². The first-order valence-corrected chi connectivity index (χ1v) is 12.6. The van der Waals surface area contributed by atoms with Gasteiger partial charge in [-0.3, -0.25) is 9.59 Å². The molecule has 1 unspecified atom stereocenters. The second kappa shape index (κ2) is 11.4. The zero-order chi connectivity index (χ0) is 24.8. The van der Waals surface area contributed by atoms with Crippen molar-refractivity contribution >= 4 is 18.0 Å². The van der Waals surface area contributed by atoms with Crippen LogP contribution in [0.25, 0.3) is 11.1 Å². The van der Waals surface area contributed by atoms with Crippen molar-refractivity contribution in [2.45, 2.75) is 44.9 Å². The summed E-state index contributed by atoms with van der Waals surface area (Å²) in [5, 5.41) is 11.6. The molecular formula is C28H34N2O5. The number of benzene rings is 2. The second-order valence-electron chi connectivity index (χ2n) is 9.59. The van der Waals surface area contributed by atoms with Gasteiger partial charge in [0.1, 0.15) is 6.61 Å². The van der Waals surface area contributed by atoms with Gasteiger partial charge in [-0.2, -0.15) is 0 Å². The average molecular weight is 479 g/mol. The van der Waals surface area contributed by atoms with E-state index in [9.17, 15) is 14.4 Å². The fraction of sp³-hybridized carbons (Fsp3) is 0.464. The fourth-order valence-electron chi connectivity index (χ4n) is 5.25. The highest BCUT2D eigenvalue weighted by molar-refractivity contribution is 5.81. The zero-order valence-corrected chi connectivity index (χ0v) is 20.2. The molecule has 1 aliphatic carbocycles. The minimum atomic E-state index is -0.778. The molecule has 0 aromatic heterocycles. The van der Waals surface area contributed by atoms with Crippen molar-refractivity contribution in [3.05, 3.63) is 59.7 Å². The van der Waals surface area contributed by atoms with Gasteiger partial charge >= 0.3 is 12.1 Å². The summed E-state index contributed by atoms with van der Waals surface area (Å²) in [7, 11) is 0. The van der Waals surface area contributed by atoms with Crippen LogP contribution in [0.5, 0.6) is 0 Å². The van der Waals surface area contributed by atoms with Crippen molar-refractivity contribution in [3.8, 4) is 11.1 Å². The van der Waals surface area contributed by atoms with E-state index < -0.39 is 12.1 Å². The Balaban J connectivity index is 1.25. The third-order valence-corrected chi connectivity index (χ3v) is 7.09. The number of carbonyl (C=O) groups is 3. The number of nitrogens with zero attached hydrogens (tertiary/aromatic N) is 1. The van der Waals surface area contributed by atoms with Crippen molar-refractivity contribution in [1.29, 1.82) is 0 Å². The van der Waals surface area contributed by atoms with Crippen LogP contribution in [0.4, 0.5) is 4.79 Å². The Morgan fingerprint density at radius 1 is 1.06 bits per heavy atom. The smallest absolute Gasteiger partial charge is 0.407 e. The van der Waals surface area contributed by atoms with E-state index in [0.29, 0.717) is 31.8 Å². The van der Waals surface area contributed by atoms with Crippen LogP contribution in [0, 0.1) is 11.8 Å². The number of ether oxygens (including phenoxy) is 1. The summed E-state index contributed by atoms with van der Waals surface area (Å²) >= 11 is 0. The van der Waals surface area contributed by atoms with Gasteiger partial charge in [0.15, 0.2) is 0 Å².